The van der Waals surface area contributed by atoms with Crippen LogP contribution in [0.2, 0.25) is 10.0 Å². The first-order chi connectivity index (χ1) is 16.0. The molecule has 0 atom stereocenters. The van der Waals surface area contributed by atoms with Crippen LogP contribution >= 0.6 is 23.2 Å². The molecule has 0 saturated carbocycles. The zero-order valence-electron chi connectivity index (χ0n) is 17.1. The zero-order valence-corrected chi connectivity index (χ0v) is 18.6. The highest BCUT2D eigenvalue weighted by Gasteiger charge is 2.26. The number of hydrazine groups is 1. The second-order valence-corrected chi connectivity index (χ2v) is 8.24. The van der Waals surface area contributed by atoms with Gasteiger partial charge in [0.25, 0.3) is 5.91 Å². The van der Waals surface area contributed by atoms with Crippen molar-refractivity contribution >= 4 is 46.8 Å². The number of hydrogen-bond acceptors (Lipinski definition) is 5. The molecule has 0 aromatic heterocycles. The van der Waals surface area contributed by atoms with Crippen molar-refractivity contribution in [2.75, 3.05) is 16.5 Å². The van der Waals surface area contributed by atoms with E-state index in [-0.39, 0.29) is 11.7 Å². The van der Waals surface area contributed by atoms with E-state index in [1.165, 1.54) is 12.1 Å². The maximum Gasteiger partial charge on any atom is 0.258 e. The van der Waals surface area contributed by atoms with Gasteiger partial charge in [-0.25, -0.2) is 14.4 Å². The first kappa shape index (κ1) is 21.3. The Hall–Kier alpha value is -3.55. The molecule has 2 heterocycles. The van der Waals surface area contributed by atoms with E-state index in [0.29, 0.717) is 51.4 Å². The number of rotatable bonds is 4. The zero-order chi connectivity index (χ0) is 22.9. The number of aliphatic imine (C=N–C) groups is 1. The average molecular weight is 483 g/mol. The number of amides is 1. The van der Waals surface area contributed by atoms with Crippen LogP contribution in [0.4, 0.5) is 15.8 Å². The molecule has 166 valence electrons. The van der Waals surface area contributed by atoms with Gasteiger partial charge >= 0.3 is 0 Å². The molecule has 0 fully saturated rings. The minimum Gasteiger partial charge on any atom is -0.454 e. The van der Waals surface area contributed by atoms with Crippen LogP contribution in [-0.2, 0) is 6.42 Å². The number of nitrogens with zero attached hydrogens (tertiary/aromatic N) is 3. The van der Waals surface area contributed by atoms with E-state index >= 15 is 0 Å². The summed E-state index contributed by atoms with van der Waals surface area (Å²) in [6.45, 7) is 0.438. The lowest BCUT2D eigenvalue weighted by atomic mass is 9.98. The highest BCUT2D eigenvalue weighted by Crippen LogP contribution is 2.40. The summed E-state index contributed by atoms with van der Waals surface area (Å²) in [5, 5.41) is 2.32. The van der Waals surface area contributed by atoms with Crippen molar-refractivity contribution in [2.45, 2.75) is 6.42 Å². The SMILES string of the molecule is O=C1c2ccc(Oc3c(Cl)cc(N4C=NC=CN4)cc3Cl)cc2CCN1c1cccc(F)c1. The number of carbonyl (C=O) groups excluding carboxylic acids is 1. The predicted molar refractivity (Wildman–Crippen MR) is 128 cm³/mol. The van der Waals surface area contributed by atoms with E-state index in [1.807, 2.05) is 0 Å². The van der Waals surface area contributed by atoms with E-state index in [0.717, 1.165) is 5.56 Å². The molecule has 0 unspecified atom stereocenters. The third-order valence-electron chi connectivity index (χ3n) is 5.31. The average Bonchev–Trinajstić information content (AvgIpc) is 2.82. The molecule has 3 aromatic carbocycles. The molecular weight excluding hydrogens is 466 g/mol. The van der Waals surface area contributed by atoms with Crippen molar-refractivity contribution in [1.82, 2.24) is 5.43 Å². The highest BCUT2D eigenvalue weighted by molar-refractivity contribution is 6.37. The molecule has 33 heavy (non-hydrogen) atoms. The topological polar surface area (TPSA) is 57.2 Å². The first-order valence-corrected chi connectivity index (χ1v) is 10.9. The highest BCUT2D eigenvalue weighted by atomic mass is 35.5. The molecular formula is C24H17Cl2FN4O2. The fraction of sp³-hybridized carbons (Fsp3) is 0.0833. The number of carbonyl (C=O) groups is 1. The van der Waals surface area contributed by atoms with E-state index in [1.54, 1.807) is 71.1 Å². The Balaban J connectivity index is 1.38. The van der Waals surface area contributed by atoms with Gasteiger partial charge in [0.1, 0.15) is 17.9 Å². The Bertz CT molecular complexity index is 1290. The quantitative estimate of drug-likeness (QED) is 0.498. The summed E-state index contributed by atoms with van der Waals surface area (Å²) in [6, 6.07) is 14.6. The molecule has 0 spiro atoms. The first-order valence-electron chi connectivity index (χ1n) is 10.1. The smallest absolute Gasteiger partial charge is 0.258 e. The van der Waals surface area contributed by atoms with Gasteiger partial charge in [0.05, 0.1) is 15.7 Å². The summed E-state index contributed by atoms with van der Waals surface area (Å²) >= 11 is 12.9. The van der Waals surface area contributed by atoms with Gasteiger partial charge in [0.2, 0.25) is 0 Å². The van der Waals surface area contributed by atoms with Gasteiger partial charge in [-0.3, -0.25) is 10.2 Å². The Morgan fingerprint density at radius 1 is 1.03 bits per heavy atom. The summed E-state index contributed by atoms with van der Waals surface area (Å²) in [5.41, 5.74) is 5.63. The molecule has 1 N–H and O–H groups in total. The van der Waals surface area contributed by atoms with Crippen LogP contribution in [0.3, 0.4) is 0 Å². The van der Waals surface area contributed by atoms with Gasteiger partial charge < -0.3 is 9.64 Å². The molecule has 0 aliphatic carbocycles. The van der Waals surface area contributed by atoms with E-state index < -0.39 is 0 Å². The van der Waals surface area contributed by atoms with Crippen LogP contribution < -0.4 is 20.1 Å². The van der Waals surface area contributed by atoms with Crippen LogP contribution in [0.25, 0.3) is 0 Å². The largest absolute Gasteiger partial charge is 0.454 e. The molecule has 5 rings (SSSR count). The summed E-state index contributed by atoms with van der Waals surface area (Å²) in [7, 11) is 0. The fourth-order valence-corrected chi connectivity index (χ4v) is 4.31. The molecule has 2 aliphatic heterocycles. The minimum atomic E-state index is -0.380. The maximum atomic E-state index is 13.6. The van der Waals surface area contributed by atoms with Crippen molar-refractivity contribution < 1.29 is 13.9 Å². The van der Waals surface area contributed by atoms with E-state index in [4.69, 9.17) is 27.9 Å². The molecule has 9 heteroatoms. The van der Waals surface area contributed by atoms with Gasteiger partial charge in [-0.2, -0.15) is 0 Å². The number of hydrogen-bond donors (Lipinski definition) is 1. The van der Waals surface area contributed by atoms with Crippen LogP contribution in [0, 0.1) is 5.82 Å². The van der Waals surface area contributed by atoms with Crippen molar-refractivity contribution in [3.8, 4) is 11.5 Å². The molecule has 1 amide bonds. The maximum absolute atomic E-state index is 13.6. The third-order valence-corrected chi connectivity index (χ3v) is 5.88. The lowest BCUT2D eigenvalue weighted by Crippen LogP contribution is -2.37. The molecule has 0 saturated heterocycles. The number of fused-ring (bicyclic) bond motifs is 1. The molecule has 2 aliphatic rings. The summed E-state index contributed by atoms with van der Waals surface area (Å²) < 4.78 is 19.6. The summed E-state index contributed by atoms with van der Waals surface area (Å²) in [4.78, 5) is 18.6. The number of ether oxygens (including phenoxy) is 1. The van der Waals surface area contributed by atoms with Crippen LogP contribution in [-0.4, -0.2) is 18.8 Å². The Kier molecular flexibility index (Phi) is 5.66. The van der Waals surface area contributed by atoms with Crippen molar-refractivity contribution in [3.63, 3.8) is 0 Å². The molecule has 0 radical (unpaired) electrons. The molecule has 3 aromatic rings. The second kappa shape index (κ2) is 8.77. The van der Waals surface area contributed by atoms with Crippen molar-refractivity contribution in [1.29, 1.82) is 0 Å². The van der Waals surface area contributed by atoms with Crippen LogP contribution in [0.5, 0.6) is 11.5 Å². The minimum absolute atomic E-state index is 0.182. The van der Waals surface area contributed by atoms with Gasteiger partial charge in [0.15, 0.2) is 5.75 Å². The van der Waals surface area contributed by atoms with Gasteiger partial charge in [-0.1, -0.05) is 29.3 Å². The molecule has 6 nitrogen and oxygen atoms in total. The lowest BCUT2D eigenvalue weighted by Gasteiger charge is -2.29. The lowest BCUT2D eigenvalue weighted by molar-refractivity contribution is 0.0980. The number of nitrogens with one attached hydrogen (secondary N) is 1. The van der Waals surface area contributed by atoms with E-state index in [2.05, 4.69) is 10.4 Å². The van der Waals surface area contributed by atoms with Gasteiger partial charge in [-0.15, -0.1) is 0 Å². The number of halogens is 3. The number of benzene rings is 3. The Morgan fingerprint density at radius 3 is 2.58 bits per heavy atom. The summed E-state index contributed by atoms with van der Waals surface area (Å²) in [5.74, 6) is 0.265. The van der Waals surface area contributed by atoms with Gasteiger partial charge in [-0.05, 0) is 60.5 Å². The third kappa shape index (κ3) is 4.25. The normalized spacial score (nSPS) is 14.8. The number of anilines is 2. The van der Waals surface area contributed by atoms with Crippen LogP contribution in [0.1, 0.15) is 15.9 Å². The molecule has 0 bridgehead atoms. The Morgan fingerprint density at radius 2 is 1.85 bits per heavy atom. The standard InChI is InChI=1S/C24H17Cl2FN4O2/c25-21-12-18(31-14-28-7-8-29-31)13-22(26)23(21)33-19-4-5-20-15(10-19)6-9-30(24(20)32)17-3-1-2-16(27)11-17/h1-5,7-8,10-14,29H,6,9H2. The van der Waals surface area contributed by atoms with Crippen molar-refractivity contribution in [2.24, 2.45) is 4.99 Å². The Labute approximate surface area is 199 Å². The monoisotopic (exact) mass is 482 g/mol. The van der Waals surface area contributed by atoms with Gasteiger partial charge in [0, 0.05) is 30.2 Å². The predicted octanol–water partition coefficient (Wildman–Crippen LogP) is 5.95. The fourth-order valence-electron chi connectivity index (χ4n) is 3.76. The summed E-state index contributed by atoms with van der Waals surface area (Å²) in [6.07, 6.45) is 5.49. The second-order valence-electron chi connectivity index (χ2n) is 7.43. The van der Waals surface area contributed by atoms with Crippen molar-refractivity contribution in [3.05, 3.63) is 94.0 Å². The van der Waals surface area contributed by atoms with Crippen LogP contribution in [0.15, 0.2) is 72.0 Å². The van der Waals surface area contributed by atoms with E-state index in [9.17, 15) is 9.18 Å².